The number of rotatable bonds is 5. The van der Waals surface area contributed by atoms with Crippen LogP contribution in [-0.4, -0.2) is 59.0 Å². The number of amides is 1. The zero-order valence-corrected chi connectivity index (χ0v) is 14.2. The third-order valence-electron chi connectivity index (χ3n) is 4.33. The lowest BCUT2D eigenvalue weighted by atomic mass is 10.1. The number of nitrogens with zero attached hydrogens (tertiary/aromatic N) is 4. The van der Waals surface area contributed by atoms with Crippen molar-refractivity contribution in [1.82, 2.24) is 19.9 Å². The normalized spacial score (nSPS) is 13.9. The van der Waals surface area contributed by atoms with Crippen molar-refractivity contribution in [1.29, 1.82) is 0 Å². The highest BCUT2D eigenvalue weighted by Crippen LogP contribution is 2.23. The average molecular weight is 340 g/mol. The molecule has 25 heavy (non-hydrogen) atoms. The first-order valence-electron chi connectivity index (χ1n) is 7.91. The third-order valence-corrected chi connectivity index (χ3v) is 4.33. The van der Waals surface area contributed by atoms with Gasteiger partial charge in [0.25, 0.3) is 5.56 Å². The second kappa shape index (κ2) is 6.76. The molecule has 1 amide bonds. The van der Waals surface area contributed by atoms with Crippen molar-refractivity contribution in [2.45, 2.75) is 6.04 Å². The summed E-state index contributed by atoms with van der Waals surface area (Å²) in [6.07, 6.45) is 4.60. The summed E-state index contributed by atoms with van der Waals surface area (Å²) in [5, 5.41) is 2.89. The van der Waals surface area contributed by atoms with Gasteiger partial charge in [-0.2, -0.15) is 0 Å². The number of hydrogen-bond donors (Lipinski definition) is 2. The number of aromatic nitrogens is 3. The molecule has 0 aromatic carbocycles. The predicted molar refractivity (Wildman–Crippen MR) is 96.6 cm³/mol. The smallest absolute Gasteiger partial charge is 0.271 e. The summed E-state index contributed by atoms with van der Waals surface area (Å²) in [5.74, 6) is 0.420. The van der Waals surface area contributed by atoms with E-state index in [0.29, 0.717) is 30.4 Å². The summed E-state index contributed by atoms with van der Waals surface area (Å²) in [5.41, 5.74) is 1.86. The Morgan fingerprint density at radius 2 is 2.28 bits per heavy atom. The lowest BCUT2D eigenvalue weighted by molar-refractivity contribution is -0.130. The second-order valence-electron chi connectivity index (χ2n) is 5.83. The van der Waals surface area contributed by atoms with E-state index in [4.69, 9.17) is 0 Å². The third kappa shape index (κ3) is 3.23. The Balaban J connectivity index is 1.84. The Labute approximate surface area is 145 Å². The van der Waals surface area contributed by atoms with E-state index in [1.54, 1.807) is 36.5 Å². The number of pyridine rings is 1. The zero-order chi connectivity index (χ0) is 18.0. The highest BCUT2D eigenvalue weighted by molar-refractivity contribution is 5.87. The van der Waals surface area contributed by atoms with Gasteiger partial charge < -0.3 is 20.1 Å². The van der Waals surface area contributed by atoms with Crippen molar-refractivity contribution in [3.63, 3.8) is 0 Å². The second-order valence-corrected chi connectivity index (χ2v) is 5.83. The molecule has 0 aliphatic carbocycles. The highest BCUT2D eigenvalue weighted by Gasteiger charge is 2.33. The van der Waals surface area contributed by atoms with E-state index < -0.39 is 0 Å². The van der Waals surface area contributed by atoms with Gasteiger partial charge in [-0.3, -0.25) is 9.59 Å². The first-order chi connectivity index (χ1) is 12.0. The predicted octanol–water partition coefficient (Wildman–Crippen LogP) is 0.707. The molecule has 1 fully saturated rings. The molecule has 0 spiro atoms. The fourth-order valence-corrected chi connectivity index (χ4v) is 2.73. The number of likely N-dealkylation sites (N-methyl/N-ethyl adjacent to an activating group) is 1. The van der Waals surface area contributed by atoms with E-state index in [2.05, 4.69) is 26.8 Å². The van der Waals surface area contributed by atoms with Crippen molar-refractivity contribution in [2.75, 3.05) is 37.4 Å². The van der Waals surface area contributed by atoms with Gasteiger partial charge in [-0.1, -0.05) is 6.58 Å². The summed E-state index contributed by atoms with van der Waals surface area (Å²) < 4.78 is 0. The molecular formula is C17H20N6O2. The largest absolute Gasteiger partial charge is 0.364 e. The van der Waals surface area contributed by atoms with Crippen molar-refractivity contribution < 1.29 is 4.79 Å². The van der Waals surface area contributed by atoms with Gasteiger partial charge in [-0.15, -0.1) is 0 Å². The van der Waals surface area contributed by atoms with Gasteiger partial charge in [0.15, 0.2) is 0 Å². The van der Waals surface area contributed by atoms with E-state index in [1.165, 1.54) is 6.08 Å². The molecule has 130 valence electrons. The summed E-state index contributed by atoms with van der Waals surface area (Å²) in [7, 11) is 3.60. The topological polar surface area (TPSA) is 94.2 Å². The van der Waals surface area contributed by atoms with E-state index in [9.17, 15) is 9.59 Å². The number of hydrogen-bond acceptors (Lipinski definition) is 6. The highest BCUT2D eigenvalue weighted by atomic mass is 16.2. The lowest BCUT2D eigenvalue weighted by Crippen LogP contribution is -2.60. The molecule has 8 heteroatoms. The fraction of sp³-hybridized carbons (Fsp3) is 0.294. The molecule has 3 heterocycles. The van der Waals surface area contributed by atoms with E-state index in [1.807, 2.05) is 11.9 Å². The van der Waals surface area contributed by atoms with E-state index in [0.717, 1.165) is 5.56 Å². The first-order valence-corrected chi connectivity index (χ1v) is 7.91. The summed E-state index contributed by atoms with van der Waals surface area (Å²) in [6.45, 7) is 4.63. The maximum Gasteiger partial charge on any atom is 0.271 e. The molecule has 0 saturated carbocycles. The van der Waals surface area contributed by atoms with E-state index >= 15 is 0 Å². The van der Waals surface area contributed by atoms with Crippen LogP contribution in [0, 0.1) is 0 Å². The lowest BCUT2D eigenvalue weighted by Gasteiger charge is -2.44. The van der Waals surface area contributed by atoms with Gasteiger partial charge in [-0.25, -0.2) is 9.97 Å². The van der Waals surface area contributed by atoms with Gasteiger partial charge >= 0.3 is 0 Å². The molecule has 1 aliphatic heterocycles. The molecule has 3 rings (SSSR count). The number of aromatic amines is 1. The summed E-state index contributed by atoms with van der Waals surface area (Å²) in [6, 6.07) is 3.68. The minimum Gasteiger partial charge on any atom is -0.364 e. The molecule has 0 radical (unpaired) electrons. The van der Waals surface area contributed by atoms with Crippen LogP contribution in [-0.2, 0) is 4.79 Å². The number of anilines is 2. The van der Waals surface area contributed by atoms with Crippen LogP contribution in [0.4, 0.5) is 11.6 Å². The van der Waals surface area contributed by atoms with Gasteiger partial charge in [0.1, 0.15) is 5.69 Å². The van der Waals surface area contributed by atoms with Crippen LogP contribution in [0.15, 0.2) is 42.0 Å². The maximum absolute atomic E-state index is 12.2. The quantitative estimate of drug-likeness (QED) is 0.779. The van der Waals surface area contributed by atoms with Crippen LogP contribution >= 0.6 is 0 Å². The monoisotopic (exact) mass is 340 g/mol. The number of H-pyrrole nitrogens is 1. The van der Waals surface area contributed by atoms with Crippen LogP contribution in [0.1, 0.15) is 0 Å². The molecule has 2 aromatic heterocycles. The van der Waals surface area contributed by atoms with Gasteiger partial charge in [0.2, 0.25) is 11.9 Å². The van der Waals surface area contributed by atoms with Crippen molar-refractivity contribution in [2.24, 2.45) is 0 Å². The molecule has 2 aromatic rings. The Morgan fingerprint density at radius 3 is 2.96 bits per heavy atom. The Morgan fingerprint density at radius 1 is 1.52 bits per heavy atom. The van der Waals surface area contributed by atoms with Crippen LogP contribution < -0.4 is 15.8 Å². The van der Waals surface area contributed by atoms with Gasteiger partial charge in [0, 0.05) is 45.1 Å². The van der Waals surface area contributed by atoms with Crippen molar-refractivity contribution >= 4 is 17.5 Å². The number of nitrogens with one attached hydrogen (secondary N) is 2. The average Bonchev–Trinajstić information content (AvgIpc) is 2.60. The molecule has 0 atom stereocenters. The number of carbonyl (C=O) groups excluding carboxylic acids is 1. The van der Waals surface area contributed by atoms with Crippen LogP contribution in [0.5, 0.6) is 0 Å². The molecule has 1 saturated heterocycles. The Hall–Kier alpha value is -3.16. The minimum absolute atomic E-state index is 0.0899. The summed E-state index contributed by atoms with van der Waals surface area (Å²) in [4.78, 5) is 38.6. The van der Waals surface area contributed by atoms with Gasteiger partial charge in [-0.05, 0) is 18.2 Å². The molecule has 1 aliphatic rings. The van der Waals surface area contributed by atoms with Crippen molar-refractivity contribution in [3.05, 3.63) is 47.5 Å². The van der Waals surface area contributed by atoms with Gasteiger partial charge in [0.05, 0.1) is 11.7 Å². The molecule has 0 bridgehead atoms. The minimum atomic E-state index is -0.178. The first kappa shape index (κ1) is 16.7. The number of carbonyl (C=O) groups is 1. The Kier molecular flexibility index (Phi) is 4.51. The van der Waals surface area contributed by atoms with Crippen LogP contribution in [0.3, 0.4) is 0 Å². The molecular weight excluding hydrogens is 320 g/mol. The molecule has 2 N–H and O–H groups in total. The van der Waals surface area contributed by atoms with Crippen molar-refractivity contribution in [3.8, 4) is 11.3 Å². The standard InChI is InChI=1S/C17H20N6O2/c1-4-15(24)23-9-12(10-23)22(3)14-7-11(8-20-16(14)25)13-5-6-19-17(18-2)21-13/h4-8,12H,1,9-10H2,2-3H3,(H,20,25)(H,18,19,21). The Bertz CT molecular complexity index is 856. The van der Waals surface area contributed by atoms with E-state index in [-0.39, 0.29) is 17.5 Å². The molecule has 0 unspecified atom stereocenters. The molecule has 8 nitrogen and oxygen atoms in total. The van der Waals surface area contributed by atoms with Crippen LogP contribution in [0.2, 0.25) is 0 Å². The maximum atomic E-state index is 12.2. The SMILES string of the molecule is C=CC(=O)N1CC(N(C)c2cc(-c3ccnc(NC)n3)c[nH]c2=O)C1. The fourth-order valence-electron chi connectivity index (χ4n) is 2.73. The summed E-state index contributed by atoms with van der Waals surface area (Å²) >= 11 is 0. The van der Waals surface area contributed by atoms with Crippen LogP contribution in [0.25, 0.3) is 11.3 Å². The number of likely N-dealkylation sites (tertiary alicyclic amines) is 1. The zero-order valence-electron chi connectivity index (χ0n) is 14.2.